The summed E-state index contributed by atoms with van der Waals surface area (Å²) >= 11 is 0. The summed E-state index contributed by atoms with van der Waals surface area (Å²) in [5.74, 6) is -1.43. The van der Waals surface area contributed by atoms with E-state index in [1.54, 1.807) is 4.90 Å². The van der Waals surface area contributed by atoms with E-state index < -0.39 is 11.9 Å². The van der Waals surface area contributed by atoms with Gasteiger partial charge in [-0.3, -0.25) is 9.59 Å². The zero-order valence-corrected chi connectivity index (χ0v) is 12.1. The third-order valence-corrected chi connectivity index (χ3v) is 4.27. The SMILES string of the molecule is CCN(C(=O)CCN1CCCC1)C1COCC1C(=O)O. The lowest BCUT2D eigenvalue weighted by molar-refractivity contribution is -0.145. The average molecular weight is 284 g/mol. The summed E-state index contributed by atoms with van der Waals surface area (Å²) in [5, 5.41) is 9.19. The van der Waals surface area contributed by atoms with Crippen molar-refractivity contribution in [3.05, 3.63) is 0 Å². The molecule has 2 fully saturated rings. The van der Waals surface area contributed by atoms with Crippen molar-refractivity contribution >= 4 is 11.9 Å². The maximum Gasteiger partial charge on any atom is 0.311 e. The number of ether oxygens (including phenoxy) is 1. The summed E-state index contributed by atoms with van der Waals surface area (Å²) in [6.45, 7) is 5.89. The van der Waals surface area contributed by atoms with Gasteiger partial charge in [0.05, 0.1) is 19.3 Å². The molecule has 6 nitrogen and oxygen atoms in total. The number of hydrogen-bond acceptors (Lipinski definition) is 4. The maximum absolute atomic E-state index is 12.3. The van der Waals surface area contributed by atoms with E-state index in [0.29, 0.717) is 19.6 Å². The number of nitrogens with zero attached hydrogens (tertiary/aromatic N) is 2. The monoisotopic (exact) mass is 284 g/mol. The van der Waals surface area contributed by atoms with Crippen molar-refractivity contribution < 1.29 is 19.4 Å². The van der Waals surface area contributed by atoms with E-state index in [-0.39, 0.29) is 18.6 Å². The first-order valence-electron chi connectivity index (χ1n) is 7.46. The summed E-state index contributed by atoms with van der Waals surface area (Å²) < 4.78 is 5.26. The van der Waals surface area contributed by atoms with Gasteiger partial charge in [0.2, 0.25) is 5.91 Å². The fourth-order valence-electron chi connectivity index (χ4n) is 3.09. The van der Waals surface area contributed by atoms with Crippen LogP contribution < -0.4 is 0 Å². The number of carbonyl (C=O) groups excluding carboxylic acids is 1. The number of carboxylic acids is 1. The van der Waals surface area contributed by atoms with Crippen LogP contribution in [0.2, 0.25) is 0 Å². The van der Waals surface area contributed by atoms with Crippen molar-refractivity contribution in [1.82, 2.24) is 9.80 Å². The first-order valence-corrected chi connectivity index (χ1v) is 7.46. The standard InChI is InChI=1S/C14H24N2O4/c1-2-16(12-10-20-9-11(12)14(18)19)13(17)5-8-15-6-3-4-7-15/h11-12H,2-10H2,1H3,(H,18,19). The molecular formula is C14H24N2O4. The predicted molar refractivity (Wildman–Crippen MR) is 73.4 cm³/mol. The van der Waals surface area contributed by atoms with E-state index in [9.17, 15) is 14.7 Å². The quantitative estimate of drug-likeness (QED) is 0.765. The highest BCUT2D eigenvalue weighted by atomic mass is 16.5. The van der Waals surface area contributed by atoms with Gasteiger partial charge in [0, 0.05) is 19.5 Å². The molecule has 20 heavy (non-hydrogen) atoms. The molecule has 0 bridgehead atoms. The second-order valence-corrected chi connectivity index (χ2v) is 5.53. The molecule has 114 valence electrons. The van der Waals surface area contributed by atoms with Gasteiger partial charge in [-0.05, 0) is 32.9 Å². The second-order valence-electron chi connectivity index (χ2n) is 5.53. The van der Waals surface area contributed by atoms with Gasteiger partial charge in [0.15, 0.2) is 0 Å². The van der Waals surface area contributed by atoms with Crippen LogP contribution in [-0.2, 0) is 14.3 Å². The van der Waals surface area contributed by atoms with Crippen LogP contribution in [0.5, 0.6) is 0 Å². The number of rotatable bonds is 6. The molecular weight excluding hydrogens is 260 g/mol. The van der Waals surface area contributed by atoms with Gasteiger partial charge in [-0.15, -0.1) is 0 Å². The largest absolute Gasteiger partial charge is 0.481 e. The molecule has 2 heterocycles. The number of likely N-dealkylation sites (tertiary alicyclic amines) is 1. The zero-order chi connectivity index (χ0) is 14.5. The molecule has 1 amide bonds. The van der Waals surface area contributed by atoms with Crippen LogP contribution in [0.1, 0.15) is 26.2 Å². The van der Waals surface area contributed by atoms with Gasteiger partial charge in [0.25, 0.3) is 0 Å². The highest BCUT2D eigenvalue weighted by Gasteiger charge is 2.39. The Bertz CT molecular complexity index is 355. The number of carbonyl (C=O) groups is 2. The summed E-state index contributed by atoms with van der Waals surface area (Å²) in [4.78, 5) is 27.5. The molecule has 0 aromatic carbocycles. The van der Waals surface area contributed by atoms with Crippen LogP contribution in [0.15, 0.2) is 0 Å². The van der Waals surface area contributed by atoms with E-state index in [1.807, 2.05) is 6.92 Å². The Balaban J connectivity index is 1.89. The summed E-state index contributed by atoms with van der Waals surface area (Å²) in [5.41, 5.74) is 0. The lowest BCUT2D eigenvalue weighted by Crippen LogP contribution is -2.47. The Morgan fingerprint density at radius 2 is 2.00 bits per heavy atom. The van der Waals surface area contributed by atoms with Crippen LogP contribution >= 0.6 is 0 Å². The molecule has 1 N–H and O–H groups in total. The van der Waals surface area contributed by atoms with E-state index in [2.05, 4.69) is 4.90 Å². The van der Waals surface area contributed by atoms with Gasteiger partial charge in [-0.1, -0.05) is 0 Å². The van der Waals surface area contributed by atoms with Gasteiger partial charge in [0.1, 0.15) is 5.92 Å². The lowest BCUT2D eigenvalue weighted by atomic mass is 10.0. The molecule has 0 aromatic rings. The Kier molecular flexibility index (Phi) is 5.37. The van der Waals surface area contributed by atoms with E-state index >= 15 is 0 Å². The number of hydrogen-bond donors (Lipinski definition) is 1. The van der Waals surface area contributed by atoms with Crippen LogP contribution in [0.25, 0.3) is 0 Å². The molecule has 2 atom stereocenters. The lowest BCUT2D eigenvalue weighted by Gasteiger charge is -2.30. The number of carboxylic acid groups (broad SMARTS) is 1. The number of likely N-dealkylation sites (N-methyl/N-ethyl adjacent to an activating group) is 1. The molecule has 2 unspecified atom stereocenters. The fraction of sp³-hybridized carbons (Fsp3) is 0.857. The first kappa shape index (κ1) is 15.3. The molecule has 0 aromatic heterocycles. The third kappa shape index (κ3) is 3.49. The van der Waals surface area contributed by atoms with Crippen molar-refractivity contribution in [1.29, 1.82) is 0 Å². The van der Waals surface area contributed by atoms with Crippen molar-refractivity contribution in [2.24, 2.45) is 5.92 Å². The van der Waals surface area contributed by atoms with Crippen molar-refractivity contribution in [2.45, 2.75) is 32.2 Å². The minimum atomic E-state index is -0.877. The second kappa shape index (κ2) is 7.04. The van der Waals surface area contributed by atoms with Gasteiger partial charge in [-0.2, -0.15) is 0 Å². The third-order valence-electron chi connectivity index (χ3n) is 4.27. The molecule has 2 saturated heterocycles. The highest BCUT2D eigenvalue weighted by molar-refractivity contribution is 5.78. The fourth-order valence-corrected chi connectivity index (χ4v) is 3.09. The maximum atomic E-state index is 12.3. The zero-order valence-electron chi connectivity index (χ0n) is 12.1. The summed E-state index contributed by atoms with van der Waals surface area (Å²) in [6, 6.07) is -0.316. The smallest absolute Gasteiger partial charge is 0.311 e. The number of amides is 1. The minimum Gasteiger partial charge on any atom is -0.481 e. The van der Waals surface area contributed by atoms with Crippen molar-refractivity contribution in [2.75, 3.05) is 39.4 Å². The molecule has 0 spiro atoms. The highest BCUT2D eigenvalue weighted by Crippen LogP contribution is 2.21. The van der Waals surface area contributed by atoms with Crippen LogP contribution in [0, 0.1) is 5.92 Å². The molecule has 2 aliphatic rings. The molecule has 6 heteroatoms. The van der Waals surface area contributed by atoms with E-state index in [4.69, 9.17) is 4.74 Å². The van der Waals surface area contributed by atoms with E-state index in [1.165, 1.54) is 12.8 Å². The normalized spacial score (nSPS) is 26.9. The van der Waals surface area contributed by atoms with Crippen LogP contribution in [0.3, 0.4) is 0 Å². The van der Waals surface area contributed by atoms with Gasteiger partial charge >= 0.3 is 5.97 Å². The summed E-state index contributed by atoms with van der Waals surface area (Å²) in [7, 11) is 0. The first-order chi connectivity index (χ1) is 9.63. The van der Waals surface area contributed by atoms with Crippen molar-refractivity contribution in [3.63, 3.8) is 0 Å². The number of aliphatic carboxylic acids is 1. The molecule has 0 aliphatic carbocycles. The minimum absolute atomic E-state index is 0.0427. The Hall–Kier alpha value is -1.14. The molecule has 2 rings (SSSR count). The van der Waals surface area contributed by atoms with Gasteiger partial charge < -0.3 is 19.6 Å². The van der Waals surface area contributed by atoms with Gasteiger partial charge in [-0.25, -0.2) is 0 Å². The van der Waals surface area contributed by atoms with Crippen LogP contribution in [-0.4, -0.2) is 72.2 Å². The Labute approximate surface area is 119 Å². The molecule has 0 saturated carbocycles. The summed E-state index contributed by atoms with van der Waals surface area (Å²) in [6.07, 6.45) is 2.89. The van der Waals surface area contributed by atoms with Crippen molar-refractivity contribution in [3.8, 4) is 0 Å². The molecule has 0 radical (unpaired) electrons. The predicted octanol–water partition coefficient (Wildman–Crippen LogP) is 0.420. The topological polar surface area (TPSA) is 70.1 Å². The van der Waals surface area contributed by atoms with E-state index in [0.717, 1.165) is 19.6 Å². The Morgan fingerprint density at radius 1 is 1.30 bits per heavy atom. The van der Waals surface area contributed by atoms with Crippen LogP contribution in [0.4, 0.5) is 0 Å². The average Bonchev–Trinajstić information content (AvgIpc) is 3.08. The Morgan fingerprint density at radius 3 is 2.60 bits per heavy atom. The molecule has 2 aliphatic heterocycles.